The van der Waals surface area contributed by atoms with Crippen LogP contribution in [-0.4, -0.2) is 42.2 Å². The van der Waals surface area contributed by atoms with Gasteiger partial charge in [-0.1, -0.05) is 72.3 Å². The fraction of sp³-hybridized carbons (Fsp3) is 0.231. The summed E-state index contributed by atoms with van der Waals surface area (Å²) < 4.78 is 5.29. The first-order valence-electron chi connectivity index (χ1n) is 10.6. The highest BCUT2D eigenvalue weighted by Gasteiger charge is 2.34. The van der Waals surface area contributed by atoms with Crippen molar-refractivity contribution in [2.24, 2.45) is 5.10 Å². The van der Waals surface area contributed by atoms with E-state index in [-0.39, 0.29) is 18.5 Å². The topological polar surface area (TPSA) is 45.1 Å². The third-order valence-corrected chi connectivity index (χ3v) is 5.88. The van der Waals surface area contributed by atoms with Crippen LogP contribution in [0.25, 0.3) is 0 Å². The number of carbonyl (C=O) groups excluding carboxylic acids is 1. The molecule has 0 fully saturated rings. The Kier molecular flexibility index (Phi) is 6.88. The van der Waals surface area contributed by atoms with Crippen LogP contribution in [0, 0.1) is 0 Å². The van der Waals surface area contributed by atoms with Crippen molar-refractivity contribution in [3.05, 3.63) is 101 Å². The van der Waals surface area contributed by atoms with E-state index in [2.05, 4.69) is 12.1 Å². The van der Waals surface area contributed by atoms with Gasteiger partial charge in [-0.05, 0) is 36.4 Å². The molecular weight excluding hydrogens is 422 g/mol. The number of hydrogen-bond donors (Lipinski definition) is 0. The molecule has 1 atom stereocenters. The number of methoxy groups -OCH3 is 1. The van der Waals surface area contributed by atoms with Crippen LogP contribution in [0.1, 0.15) is 29.2 Å². The van der Waals surface area contributed by atoms with E-state index in [0.29, 0.717) is 18.0 Å². The Bertz CT molecular complexity index is 1100. The number of hydrazone groups is 1. The highest BCUT2D eigenvalue weighted by molar-refractivity contribution is 6.34. The van der Waals surface area contributed by atoms with Gasteiger partial charge >= 0.3 is 0 Å². The van der Waals surface area contributed by atoms with E-state index in [1.807, 2.05) is 78.7 Å². The van der Waals surface area contributed by atoms with Crippen LogP contribution in [0.4, 0.5) is 0 Å². The van der Waals surface area contributed by atoms with Crippen molar-refractivity contribution in [1.82, 2.24) is 9.91 Å². The second-order valence-corrected chi connectivity index (χ2v) is 8.32. The van der Waals surface area contributed by atoms with E-state index in [1.165, 1.54) is 0 Å². The molecule has 3 aromatic rings. The van der Waals surface area contributed by atoms with Gasteiger partial charge in [0.15, 0.2) is 0 Å². The lowest BCUT2D eigenvalue weighted by Gasteiger charge is -2.25. The zero-order valence-electron chi connectivity index (χ0n) is 18.2. The molecule has 0 spiro atoms. The monoisotopic (exact) mass is 447 g/mol. The molecule has 0 saturated heterocycles. The summed E-state index contributed by atoms with van der Waals surface area (Å²) in [4.78, 5) is 15.3. The first kappa shape index (κ1) is 22.1. The Morgan fingerprint density at radius 2 is 1.75 bits per heavy atom. The van der Waals surface area contributed by atoms with Gasteiger partial charge in [-0.3, -0.25) is 9.69 Å². The maximum atomic E-state index is 13.3. The summed E-state index contributed by atoms with van der Waals surface area (Å²) in [5.74, 6) is 0.728. The second kappa shape index (κ2) is 9.98. The molecule has 0 bridgehead atoms. The van der Waals surface area contributed by atoms with Crippen LogP contribution in [0.2, 0.25) is 5.02 Å². The standard InChI is InChI=1S/C26H26ClN3O2/c1-29(17-19-8-4-3-5-9-19)18-26(31)30-25(20-12-14-21(32-2)15-13-20)16-24(28-30)22-10-6-7-11-23(22)27/h3-15,25H,16-18H2,1-2H3/t25-/m0/s1. The molecule has 32 heavy (non-hydrogen) atoms. The van der Waals surface area contributed by atoms with E-state index < -0.39 is 0 Å². The molecule has 1 aliphatic rings. The number of halogens is 1. The number of hydrogen-bond acceptors (Lipinski definition) is 4. The molecule has 1 amide bonds. The fourth-order valence-corrected chi connectivity index (χ4v) is 4.18. The van der Waals surface area contributed by atoms with E-state index in [4.69, 9.17) is 21.4 Å². The number of likely N-dealkylation sites (N-methyl/N-ethyl adjacent to an activating group) is 1. The van der Waals surface area contributed by atoms with Crippen molar-refractivity contribution in [2.75, 3.05) is 20.7 Å². The first-order valence-corrected chi connectivity index (χ1v) is 10.9. The molecule has 0 unspecified atom stereocenters. The van der Waals surface area contributed by atoms with Crippen LogP contribution in [0.15, 0.2) is 84.0 Å². The van der Waals surface area contributed by atoms with Crippen LogP contribution in [0.5, 0.6) is 5.75 Å². The molecule has 0 saturated carbocycles. The summed E-state index contributed by atoms with van der Waals surface area (Å²) in [6.07, 6.45) is 0.601. The third kappa shape index (κ3) is 5.01. The Balaban J connectivity index is 1.58. The lowest BCUT2D eigenvalue weighted by Crippen LogP contribution is -2.36. The summed E-state index contributed by atoms with van der Waals surface area (Å²) in [6, 6.07) is 25.3. The molecule has 1 heterocycles. The van der Waals surface area contributed by atoms with E-state index in [9.17, 15) is 4.79 Å². The number of nitrogens with zero attached hydrogens (tertiary/aromatic N) is 3. The fourth-order valence-electron chi connectivity index (χ4n) is 3.94. The number of rotatable bonds is 7. The Labute approximate surface area is 193 Å². The average Bonchev–Trinajstić information content (AvgIpc) is 3.25. The zero-order valence-corrected chi connectivity index (χ0v) is 19.0. The van der Waals surface area contributed by atoms with Crippen molar-refractivity contribution >= 4 is 23.2 Å². The SMILES string of the molecule is COc1ccc([C@@H]2CC(c3ccccc3Cl)=NN2C(=O)CN(C)Cc2ccccc2)cc1. The predicted octanol–water partition coefficient (Wildman–Crippen LogP) is 5.16. The number of carbonyl (C=O) groups is 1. The quantitative estimate of drug-likeness (QED) is 0.502. The van der Waals surface area contributed by atoms with Crippen LogP contribution in [0.3, 0.4) is 0 Å². The minimum absolute atomic E-state index is 0.0497. The van der Waals surface area contributed by atoms with Gasteiger partial charge < -0.3 is 4.74 Å². The third-order valence-electron chi connectivity index (χ3n) is 5.55. The molecule has 164 valence electrons. The summed E-state index contributed by atoms with van der Waals surface area (Å²) in [6.45, 7) is 0.954. The molecule has 0 aromatic heterocycles. The summed E-state index contributed by atoms with van der Waals surface area (Å²) >= 11 is 6.43. The maximum Gasteiger partial charge on any atom is 0.257 e. The Morgan fingerprint density at radius 3 is 2.44 bits per heavy atom. The number of amides is 1. The maximum absolute atomic E-state index is 13.3. The molecule has 1 aliphatic heterocycles. The van der Waals surface area contributed by atoms with Crippen LogP contribution in [-0.2, 0) is 11.3 Å². The second-order valence-electron chi connectivity index (χ2n) is 7.92. The molecule has 3 aromatic carbocycles. The van der Waals surface area contributed by atoms with Gasteiger partial charge in [0.25, 0.3) is 5.91 Å². The zero-order chi connectivity index (χ0) is 22.5. The Hall–Kier alpha value is -3.15. The smallest absolute Gasteiger partial charge is 0.257 e. The highest BCUT2D eigenvalue weighted by atomic mass is 35.5. The van der Waals surface area contributed by atoms with Gasteiger partial charge in [0.2, 0.25) is 0 Å². The normalized spacial score (nSPS) is 15.7. The largest absolute Gasteiger partial charge is 0.497 e. The minimum Gasteiger partial charge on any atom is -0.497 e. The molecule has 5 nitrogen and oxygen atoms in total. The van der Waals surface area contributed by atoms with Crippen LogP contribution >= 0.6 is 11.6 Å². The van der Waals surface area contributed by atoms with Gasteiger partial charge in [-0.15, -0.1) is 0 Å². The van der Waals surface area contributed by atoms with Gasteiger partial charge in [0.1, 0.15) is 5.75 Å². The van der Waals surface area contributed by atoms with E-state index in [1.54, 1.807) is 12.1 Å². The predicted molar refractivity (Wildman–Crippen MR) is 128 cm³/mol. The molecular formula is C26H26ClN3O2. The van der Waals surface area contributed by atoms with Gasteiger partial charge in [0.05, 0.1) is 25.4 Å². The molecule has 0 N–H and O–H groups in total. The van der Waals surface area contributed by atoms with Crippen LogP contribution < -0.4 is 4.74 Å². The van der Waals surface area contributed by atoms with Gasteiger partial charge in [0, 0.05) is 23.6 Å². The number of benzene rings is 3. The summed E-state index contributed by atoms with van der Waals surface area (Å²) in [7, 11) is 3.59. The van der Waals surface area contributed by atoms with Gasteiger partial charge in [-0.25, -0.2) is 5.01 Å². The van der Waals surface area contributed by atoms with Crippen molar-refractivity contribution in [3.8, 4) is 5.75 Å². The van der Waals surface area contributed by atoms with Crippen molar-refractivity contribution < 1.29 is 9.53 Å². The molecule has 0 aliphatic carbocycles. The molecule has 4 rings (SSSR count). The van der Waals surface area contributed by atoms with E-state index >= 15 is 0 Å². The van der Waals surface area contributed by atoms with E-state index in [0.717, 1.165) is 28.2 Å². The first-order chi connectivity index (χ1) is 15.5. The van der Waals surface area contributed by atoms with Gasteiger partial charge in [-0.2, -0.15) is 5.10 Å². The van der Waals surface area contributed by atoms with Crippen molar-refractivity contribution in [1.29, 1.82) is 0 Å². The summed E-state index contributed by atoms with van der Waals surface area (Å²) in [5, 5.41) is 6.99. The highest BCUT2D eigenvalue weighted by Crippen LogP contribution is 2.35. The Morgan fingerprint density at radius 1 is 1.06 bits per heavy atom. The number of ether oxygens (including phenoxy) is 1. The lowest BCUT2D eigenvalue weighted by atomic mass is 9.98. The minimum atomic E-state index is -0.190. The summed E-state index contributed by atoms with van der Waals surface area (Å²) in [5.41, 5.74) is 3.85. The average molecular weight is 448 g/mol. The van der Waals surface area contributed by atoms with Crippen molar-refractivity contribution in [2.45, 2.75) is 19.0 Å². The van der Waals surface area contributed by atoms with Crippen molar-refractivity contribution in [3.63, 3.8) is 0 Å². The lowest BCUT2D eigenvalue weighted by molar-refractivity contribution is -0.134. The molecule has 0 radical (unpaired) electrons. The molecule has 6 heteroatoms.